The number of rotatable bonds is 4. The Morgan fingerprint density at radius 3 is 2.53 bits per heavy atom. The first-order valence-corrected chi connectivity index (χ1v) is 6.16. The molecule has 1 unspecified atom stereocenters. The fourth-order valence-corrected chi connectivity index (χ4v) is 3.32. The van der Waals surface area contributed by atoms with Gasteiger partial charge in [-0.2, -0.15) is 0 Å². The Morgan fingerprint density at radius 2 is 2.13 bits per heavy atom. The third kappa shape index (κ3) is 2.00. The molecule has 0 bridgehead atoms. The molecule has 0 N–H and O–H groups in total. The number of ether oxygens (including phenoxy) is 1. The topological polar surface area (TPSA) is 61.8 Å². The summed E-state index contributed by atoms with van der Waals surface area (Å²) in [5.74, 6) is -0.141. The minimum Gasteiger partial charge on any atom is -0.482 e. The number of carbonyl (C=O) groups excluding carboxylic acids is 1. The molecular formula is C9H15O5P. The van der Waals surface area contributed by atoms with Gasteiger partial charge in [-0.05, 0) is 6.42 Å². The van der Waals surface area contributed by atoms with Gasteiger partial charge in [-0.1, -0.05) is 6.92 Å². The fraction of sp³-hybridized carbons (Fsp3) is 0.667. The molecule has 1 aliphatic heterocycles. The maximum atomic E-state index is 12.2. The van der Waals surface area contributed by atoms with Crippen molar-refractivity contribution in [1.29, 1.82) is 0 Å². The smallest absolute Gasteiger partial charge is 0.373 e. The van der Waals surface area contributed by atoms with Gasteiger partial charge in [-0.25, -0.2) is 0 Å². The van der Waals surface area contributed by atoms with Crippen molar-refractivity contribution in [3.63, 3.8) is 0 Å². The number of ketones is 1. The molecule has 15 heavy (non-hydrogen) atoms. The zero-order valence-electron chi connectivity index (χ0n) is 9.06. The predicted molar refractivity (Wildman–Crippen MR) is 54.5 cm³/mol. The van der Waals surface area contributed by atoms with Crippen LogP contribution >= 0.6 is 7.60 Å². The lowest BCUT2D eigenvalue weighted by Gasteiger charge is -2.37. The summed E-state index contributed by atoms with van der Waals surface area (Å²) in [6, 6.07) is 0. The summed E-state index contributed by atoms with van der Waals surface area (Å²) in [5.41, 5.74) is 0. The van der Waals surface area contributed by atoms with Crippen LogP contribution in [0.25, 0.3) is 0 Å². The van der Waals surface area contributed by atoms with E-state index < -0.39 is 12.9 Å². The van der Waals surface area contributed by atoms with Crippen LogP contribution in [0.4, 0.5) is 0 Å². The van der Waals surface area contributed by atoms with Crippen molar-refractivity contribution >= 4 is 13.4 Å². The van der Waals surface area contributed by atoms with Crippen molar-refractivity contribution in [2.75, 3.05) is 14.2 Å². The summed E-state index contributed by atoms with van der Waals surface area (Å²) < 4.78 is 27.3. The van der Waals surface area contributed by atoms with E-state index in [1.54, 1.807) is 6.92 Å². The average molecular weight is 234 g/mol. The first-order valence-electron chi connectivity index (χ1n) is 4.62. The van der Waals surface area contributed by atoms with E-state index in [0.717, 1.165) is 0 Å². The van der Waals surface area contributed by atoms with Crippen LogP contribution < -0.4 is 0 Å². The molecule has 0 amide bonds. The van der Waals surface area contributed by atoms with Gasteiger partial charge >= 0.3 is 7.60 Å². The van der Waals surface area contributed by atoms with Crippen molar-refractivity contribution in [3.05, 3.63) is 12.3 Å². The Kier molecular flexibility index (Phi) is 3.71. The molecule has 0 aromatic rings. The third-order valence-corrected chi connectivity index (χ3v) is 5.06. The molecule has 6 heteroatoms. The monoisotopic (exact) mass is 234 g/mol. The van der Waals surface area contributed by atoms with Crippen molar-refractivity contribution in [1.82, 2.24) is 0 Å². The van der Waals surface area contributed by atoms with E-state index in [0.29, 0.717) is 6.42 Å². The van der Waals surface area contributed by atoms with Gasteiger partial charge in [0.1, 0.15) is 0 Å². The lowest BCUT2D eigenvalue weighted by Crippen LogP contribution is -2.36. The Labute approximate surface area is 88.9 Å². The molecule has 0 aliphatic carbocycles. The number of hydrogen-bond acceptors (Lipinski definition) is 5. The SMILES string of the molecule is CCC1(P(=O)(OC)OC)CC(=O)C=CO1. The van der Waals surface area contributed by atoms with Crippen molar-refractivity contribution in [3.8, 4) is 0 Å². The second kappa shape index (κ2) is 4.47. The molecule has 0 radical (unpaired) electrons. The van der Waals surface area contributed by atoms with Crippen molar-refractivity contribution in [2.45, 2.75) is 25.1 Å². The molecule has 1 heterocycles. The lowest BCUT2D eigenvalue weighted by molar-refractivity contribution is -0.120. The van der Waals surface area contributed by atoms with Crippen molar-refractivity contribution in [2.24, 2.45) is 0 Å². The molecule has 0 aromatic carbocycles. The highest BCUT2D eigenvalue weighted by Gasteiger charge is 2.52. The number of carbonyl (C=O) groups is 1. The first kappa shape index (κ1) is 12.4. The van der Waals surface area contributed by atoms with E-state index in [1.165, 1.54) is 26.6 Å². The number of allylic oxidation sites excluding steroid dienone is 1. The van der Waals surface area contributed by atoms with Crippen LogP contribution in [0.1, 0.15) is 19.8 Å². The van der Waals surface area contributed by atoms with Gasteiger partial charge in [-0.3, -0.25) is 9.36 Å². The average Bonchev–Trinajstić information content (AvgIpc) is 2.27. The van der Waals surface area contributed by atoms with Gasteiger partial charge in [0.15, 0.2) is 5.78 Å². The Bertz CT molecular complexity index is 316. The molecule has 0 spiro atoms. The van der Waals surface area contributed by atoms with E-state index >= 15 is 0 Å². The Morgan fingerprint density at radius 1 is 1.53 bits per heavy atom. The Hall–Kier alpha value is -0.640. The largest absolute Gasteiger partial charge is 0.482 e. The normalized spacial score (nSPS) is 26.5. The van der Waals surface area contributed by atoms with Gasteiger partial charge in [0.25, 0.3) is 0 Å². The lowest BCUT2D eigenvalue weighted by atomic mass is 10.1. The van der Waals surface area contributed by atoms with E-state index in [-0.39, 0.29) is 12.2 Å². The summed E-state index contributed by atoms with van der Waals surface area (Å²) in [6.07, 6.45) is 2.95. The summed E-state index contributed by atoms with van der Waals surface area (Å²) in [4.78, 5) is 11.3. The molecule has 0 saturated heterocycles. The summed E-state index contributed by atoms with van der Waals surface area (Å²) in [7, 11) is -0.848. The van der Waals surface area contributed by atoms with Crippen LogP contribution in [-0.4, -0.2) is 25.3 Å². The Balaban J connectivity index is 3.10. The van der Waals surface area contributed by atoms with Gasteiger partial charge in [0, 0.05) is 20.3 Å². The highest BCUT2D eigenvalue weighted by atomic mass is 31.2. The second-order valence-electron chi connectivity index (χ2n) is 3.23. The van der Waals surface area contributed by atoms with Gasteiger partial charge in [-0.15, -0.1) is 0 Å². The molecule has 5 nitrogen and oxygen atoms in total. The summed E-state index contributed by atoms with van der Waals surface area (Å²) in [6.45, 7) is 1.77. The molecule has 1 rings (SSSR count). The van der Waals surface area contributed by atoms with Crippen LogP contribution in [0.15, 0.2) is 12.3 Å². The number of hydrogen-bond donors (Lipinski definition) is 0. The van der Waals surface area contributed by atoms with Gasteiger partial charge in [0.05, 0.1) is 12.7 Å². The maximum Gasteiger partial charge on any atom is 0.373 e. The quantitative estimate of drug-likeness (QED) is 0.697. The molecule has 1 aliphatic rings. The van der Waals surface area contributed by atoms with Crippen LogP contribution in [0.3, 0.4) is 0 Å². The van der Waals surface area contributed by atoms with Gasteiger partial charge in [0.2, 0.25) is 5.34 Å². The maximum absolute atomic E-state index is 12.2. The minimum atomic E-state index is -3.42. The molecule has 86 valence electrons. The molecular weight excluding hydrogens is 219 g/mol. The zero-order chi connectivity index (χ0) is 11.5. The van der Waals surface area contributed by atoms with Crippen LogP contribution in [0.2, 0.25) is 0 Å². The van der Waals surface area contributed by atoms with Crippen LogP contribution in [0.5, 0.6) is 0 Å². The zero-order valence-corrected chi connectivity index (χ0v) is 9.95. The van der Waals surface area contributed by atoms with E-state index in [4.69, 9.17) is 13.8 Å². The second-order valence-corrected chi connectivity index (χ2v) is 5.77. The van der Waals surface area contributed by atoms with E-state index in [1.807, 2.05) is 0 Å². The molecule has 1 atom stereocenters. The fourth-order valence-electron chi connectivity index (χ4n) is 1.58. The van der Waals surface area contributed by atoms with E-state index in [2.05, 4.69) is 0 Å². The molecule has 0 fully saturated rings. The van der Waals surface area contributed by atoms with Crippen LogP contribution in [-0.2, 0) is 23.1 Å². The predicted octanol–water partition coefficient (Wildman–Crippen LogP) is 2.08. The van der Waals surface area contributed by atoms with Gasteiger partial charge < -0.3 is 13.8 Å². The summed E-state index contributed by atoms with van der Waals surface area (Å²) >= 11 is 0. The van der Waals surface area contributed by atoms with E-state index in [9.17, 15) is 9.36 Å². The standard InChI is InChI=1S/C9H15O5P/c1-4-9(15(11,12-2)13-3)7-8(10)5-6-14-9/h5-6H,4,7H2,1-3H3. The highest BCUT2D eigenvalue weighted by molar-refractivity contribution is 7.55. The molecule has 0 saturated carbocycles. The van der Waals surface area contributed by atoms with Crippen LogP contribution in [0, 0.1) is 0 Å². The highest BCUT2D eigenvalue weighted by Crippen LogP contribution is 2.63. The third-order valence-electron chi connectivity index (χ3n) is 2.52. The molecule has 0 aromatic heterocycles. The van der Waals surface area contributed by atoms with Crippen molar-refractivity contribution < 1.29 is 23.1 Å². The summed E-state index contributed by atoms with van der Waals surface area (Å²) in [5, 5.41) is -1.18. The minimum absolute atomic E-state index is 0.0129. The first-order chi connectivity index (χ1) is 7.03.